The Hall–Kier alpha value is -4.77. The van der Waals surface area contributed by atoms with Crippen molar-refractivity contribution in [2.75, 3.05) is 0 Å². The van der Waals surface area contributed by atoms with Gasteiger partial charge in [-0.05, 0) is 66.7 Å². The molecule has 0 atom stereocenters. The van der Waals surface area contributed by atoms with Crippen molar-refractivity contribution in [3.8, 4) is 28.8 Å². The molecule has 3 aromatic carbocycles. The van der Waals surface area contributed by atoms with Crippen molar-refractivity contribution in [1.82, 2.24) is 15.1 Å². The molecular formula is C31H22Cl2N4O3. The number of nitrogens with one attached hydrogen (secondary N) is 1. The number of carbonyl (C=O) groups is 1. The van der Waals surface area contributed by atoms with Gasteiger partial charge in [-0.2, -0.15) is 10.4 Å². The van der Waals surface area contributed by atoms with E-state index < -0.39 is 5.91 Å². The maximum Gasteiger partial charge on any atom is 0.262 e. The molecule has 9 heteroatoms. The van der Waals surface area contributed by atoms with Crippen molar-refractivity contribution < 1.29 is 13.9 Å². The minimum absolute atomic E-state index is 0.0554. The quantitative estimate of drug-likeness (QED) is 0.149. The van der Waals surface area contributed by atoms with Gasteiger partial charge in [-0.1, -0.05) is 47.5 Å². The molecule has 0 bridgehead atoms. The summed E-state index contributed by atoms with van der Waals surface area (Å²) in [7, 11) is 0. The summed E-state index contributed by atoms with van der Waals surface area (Å²) in [6.45, 7) is 0.453. The Balaban J connectivity index is 1.41. The van der Waals surface area contributed by atoms with Crippen LogP contribution in [0.2, 0.25) is 10.0 Å². The molecule has 2 aromatic heterocycles. The maximum atomic E-state index is 12.8. The van der Waals surface area contributed by atoms with Crippen molar-refractivity contribution in [1.29, 1.82) is 5.26 Å². The second-order valence-corrected chi connectivity index (χ2v) is 9.54. The van der Waals surface area contributed by atoms with Crippen LogP contribution in [0.3, 0.4) is 0 Å². The fourth-order valence-electron chi connectivity index (χ4n) is 3.92. The lowest BCUT2D eigenvalue weighted by Crippen LogP contribution is -2.23. The highest BCUT2D eigenvalue weighted by molar-refractivity contribution is 6.35. The Morgan fingerprint density at radius 2 is 1.85 bits per heavy atom. The van der Waals surface area contributed by atoms with Gasteiger partial charge in [0.1, 0.15) is 29.8 Å². The average Bonchev–Trinajstić information content (AvgIpc) is 3.65. The first kappa shape index (κ1) is 26.8. The number of benzene rings is 3. The molecule has 0 aliphatic rings. The first-order chi connectivity index (χ1) is 19.5. The zero-order valence-electron chi connectivity index (χ0n) is 21.1. The van der Waals surface area contributed by atoms with Crippen LogP contribution in [-0.4, -0.2) is 15.7 Å². The molecule has 0 radical (unpaired) electrons. The highest BCUT2D eigenvalue weighted by Gasteiger charge is 2.16. The Morgan fingerprint density at radius 3 is 2.55 bits per heavy atom. The van der Waals surface area contributed by atoms with E-state index in [-0.39, 0.29) is 18.7 Å². The predicted molar refractivity (Wildman–Crippen MR) is 154 cm³/mol. The highest BCUT2D eigenvalue weighted by atomic mass is 35.5. The number of furan rings is 1. The molecule has 5 rings (SSSR count). The number of para-hydroxylation sites is 1. The van der Waals surface area contributed by atoms with E-state index in [4.69, 9.17) is 37.5 Å². The van der Waals surface area contributed by atoms with Crippen molar-refractivity contribution in [2.24, 2.45) is 0 Å². The van der Waals surface area contributed by atoms with Crippen molar-refractivity contribution in [3.63, 3.8) is 0 Å². The molecule has 198 valence electrons. The monoisotopic (exact) mass is 568 g/mol. The molecule has 1 amide bonds. The Kier molecular flexibility index (Phi) is 8.31. The summed E-state index contributed by atoms with van der Waals surface area (Å²) in [6.07, 6.45) is 4.84. The minimum atomic E-state index is -0.512. The van der Waals surface area contributed by atoms with E-state index >= 15 is 0 Å². The molecule has 0 aliphatic carbocycles. The molecule has 0 spiro atoms. The summed E-state index contributed by atoms with van der Waals surface area (Å²) in [5.41, 5.74) is 3.59. The van der Waals surface area contributed by atoms with Crippen LogP contribution in [0.1, 0.15) is 16.9 Å². The van der Waals surface area contributed by atoms with Crippen LogP contribution in [0.5, 0.6) is 5.75 Å². The van der Waals surface area contributed by atoms with E-state index in [0.29, 0.717) is 32.8 Å². The van der Waals surface area contributed by atoms with Crippen LogP contribution in [0.25, 0.3) is 23.0 Å². The van der Waals surface area contributed by atoms with Gasteiger partial charge in [-0.25, -0.2) is 4.68 Å². The van der Waals surface area contributed by atoms with E-state index in [2.05, 4.69) is 5.32 Å². The van der Waals surface area contributed by atoms with Gasteiger partial charge >= 0.3 is 0 Å². The van der Waals surface area contributed by atoms with Crippen molar-refractivity contribution in [2.45, 2.75) is 13.2 Å². The standard InChI is InChI=1S/C31H22Cl2N4O3/c32-25-11-8-22(29(33)16-25)20-40-27-12-9-21(10-13-27)30-24(19-37(36-30)26-5-2-1-3-6-26)15-23(17-34)31(38)35-18-28-7-4-14-39-28/h1-16,19H,18,20H2,(H,35,38)/b23-15+. The minimum Gasteiger partial charge on any atom is -0.489 e. The third-order valence-electron chi connectivity index (χ3n) is 5.97. The summed E-state index contributed by atoms with van der Waals surface area (Å²) in [5.74, 6) is 0.718. The zero-order valence-corrected chi connectivity index (χ0v) is 22.6. The summed E-state index contributed by atoms with van der Waals surface area (Å²) in [5, 5.41) is 18.3. The molecule has 0 saturated heterocycles. The first-order valence-corrected chi connectivity index (χ1v) is 13.0. The number of hydrogen-bond donors (Lipinski definition) is 1. The molecule has 0 saturated carbocycles. The second kappa shape index (κ2) is 12.4. The fourth-order valence-corrected chi connectivity index (χ4v) is 4.38. The van der Waals surface area contributed by atoms with E-state index in [1.807, 2.05) is 66.7 Å². The lowest BCUT2D eigenvalue weighted by Gasteiger charge is -2.09. The van der Waals surface area contributed by atoms with Gasteiger partial charge in [-0.3, -0.25) is 4.79 Å². The van der Waals surface area contributed by atoms with Gasteiger partial charge < -0.3 is 14.5 Å². The topological polar surface area (TPSA) is 93.1 Å². The van der Waals surface area contributed by atoms with Crippen molar-refractivity contribution >= 4 is 35.2 Å². The van der Waals surface area contributed by atoms with E-state index in [1.165, 1.54) is 12.3 Å². The van der Waals surface area contributed by atoms with E-state index in [1.54, 1.807) is 35.1 Å². The number of carbonyl (C=O) groups excluding carboxylic acids is 1. The highest BCUT2D eigenvalue weighted by Crippen LogP contribution is 2.28. The molecule has 2 heterocycles. The molecule has 0 fully saturated rings. The normalized spacial score (nSPS) is 11.2. The van der Waals surface area contributed by atoms with Crippen LogP contribution >= 0.6 is 23.2 Å². The van der Waals surface area contributed by atoms with Crippen LogP contribution in [0.4, 0.5) is 0 Å². The lowest BCUT2D eigenvalue weighted by atomic mass is 10.1. The van der Waals surface area contributed by atoms with Gasteiger partial charge in [0.05, 0.1) is 24.2 Å². The number of halogens is 2. The van der Waals surface area contributed by atoms with Crippen molar-refractivity contribution in [3.05, 3.63) is 130 Å². The molecule has 1 N–H and O–H groups in total. The lowest BCUT2D eigenvalue weighted by molar-refractivity contribution is -0.117. The van der Waals surface area contributed by atoms with Gasteiger partial charge in [0.15, 0.2) is 0 Å². The first-order valence-electron chi connectivity index (χ1n) is 12.2. The third kappa shape index (κ3) is 6.44. The Morgan fingerprint density at radius 1 is 1.05 bits per heavy atom. The van der Waals surface area contributed by atoms with Gasteiger partial charge in [0.25, 0.3) is 5.91 Å². The van der Waals surface area contributed by atoms with E-state index in [0.717, 1.165) is 16.8 Å². The van der Waals surface area contributed by atoms with Gasteiger partial charge in [0, 0.05) is 32.9 Å². The predicted octanol–water partition coefficient (Wildman–Crippen LogP) is 7.24. The summed E-state index contributed by atoms with van der Waals surface area (Å²) in [4.78, 5) is 12.8. The summed E-state index contributed by atoms with van der Waals surface area (Å²) in [6, 6.07) is 27.7. The van der Waals surface area contributed by atoms with Crippen LogP contribution in [-0.2, 0) is 17.9 Å². The third-order valence-corrected chi connectivity index (χ3v) is 6.56. The van der Waals surface area contributed by atoms with Gasteiger partial charge in [-0.15, -0.1) is 0 Å². The number of rotatable bonds is 9. The smallest absolute Gasteiger partial charge is 0.262 e. The maximum absolute atomic E-state index is 12.8. The molecule has 40 heavy (non-hydrogen) atoms. The SMILES string of the molecule is N#C/C(=C\c1cn(-c2ccccc2)nc1-c1ccc(OCc2ccc(Cl)cc2Cl)cc1)C(=O)NCc1ccco1. The number of hydrogen-bond acceptors (Lipinski definition) is 5. The summed E-state index contributed by atoms with van der Waals surface area (Å²) >= 11 is 12.2. The van der Waals surface area contributed by atoms with Crippen LogP contribution < -0.4 is 10.1 Å². The Labute approximate surface area is 240 Å². The average molecular weight is 569 g/mol. The van der Waals surface area contributed by atoms with Crippen LogP contribution in [0, 0.1) is 11.3 Å². The molecule has 0 unspecified atom stereocenters. The van der Waals surface area contributed by atoms with E-state index in [9.17, 15) is 10.1 Å². The second-order valence-electron chi connectivity index (χ2n) is 8.69. The Bertz CT molecular complexity index is 1690. The summed E-state index contributed by atoms with van der Waals surface area (Å²) < 4.78 is 12.9. The largest absolute Gasteiger partial charge is 0.489 e. The van der Waals surface area contributed by atoms with Gasteiger partial charge in [0.2, 0.25) is 0 Å². The number of nitriles is 1. The molecular weight excluding hydrogens is 547 g/mol. The number of amides is 1. The number of nitrogens with zero attached hydrogens (tertiary/aromatic N) is 3. The zero-order chi connectivity index (χ0) is 27.9. The molecule has 5 aromatic rings. The van der Waals surface area contributed by atoms with Crippen LogP contribution in [0.15, 0.2) is 107 Å². The number of ether oxygens (including phenoxy) is 1. The fraction of sp³-hybridized carbons (Fsp3) is 0.0645. The molecule has 0 aliphatic heterocycles. The molecule has 7 nitrogen and oxygen atoms in total. The number of aromatic nitrogens is 2.